The molecule has 3 aliphatic heterocycles. The van der Waals surface area contributed by atoms with Crippen LogP contribution in [0.5, 0.6) is 0 Å². The molecule has 9 N–H and O–H groups in total. The molecule has 25 nitrogen and oxygen atoms in total. The highest BCUT2D eigenvalue weighted by atomic mass is 31.2. The number of ether oxygens (including phenoxy) is 8. The minimum absolute atomic E-state index is 0.0406. The van der Waals surface area contributed by atoms with Crippen molar-refractivity contribution in [2.24, 2.45) is 0 Å². The molecule has 3 aliphatic rings. The van der Waals surface area contributed by atoms with E-state index < -0.39 is 149 Å². The van der Waals surface area contributed by atoms with Crippen molar-refractivity contribution in [2.75, 3.05) is 33.0 Å². The number of carboxylic acids is 1. The molecule has 0 aromatic carbocycles. The lowest BCUT2D eigenvalue weighted by atomic mass is 9.93. The van der Waals surface area contributed by atoms with Crippen molar-refractivity contribution in [3.63, 3.8) is 0 Å². The fourth-order valence-electron chi connectivity index (χ4n) is 10.4. The minimum Gasteiger partial charge on any atom is -0.479 e. The molecular weight excluding hydrogens is 1110 g/mol. The maximum Gasteiger partial charge on any atom is 0.474 e. The summed E-state index contributed by atoms with van der Waals surface area (Å²) in [5.41, 5.74) is 0. The molecule has 3 saturated heterocycles. The Morgan fingerprint density at radius 3 is 1.46 bits per heavy atom. The predicted molar refractivity (Wildman–Crippen MR) is 302 cm³/mol. The van der Waals surface area contributed by atoms with Gasteiger partial charge in [-0.15, -0.1) is 0 Å². The van der Waals surface area contributed by atoms with Gasteiger partial charge in [-0.1, -0.05) is 155 Å². The van der Waals surface area contributed by atoms with Gasteiger partial charge >= 0.3 is 19.8 Å². The highest BCUT2D eigenvalue weighted by Gasteiger charge is 2.57. The van der Waals surface area contributed by atoms with Crippen LogP contribution < -0.4 is 16.0 Å². The molecule has 484 valence electrons. The van der Waals surface area contributed by atoms with Crippen LogP contribution in [-0.4, -0.2) is 191 Å². The van der Waals surface area contributed by atoms with E-state index in [0.29, 0.717) is 13.2 Å². The van der Waals surface area contributed by atoms with E-state index in [1.165, 1.54) is 117 Å². The SMILES string of the molecule is CCCCCCCCCCCCCCOCC(COP(=O)(O)O[C@H]1O[C@H](COC(C)=O)[C@@H](O[C@@H]2O[C@H](C(=O)O)[C@@H](O[C@H]3O[C@H](C)[C@H](NC(C)=O)[C@H](O)[C@H]3O)[C@H](O)[C@@H]2NC(C)=O)[C@H](O)[C@H]1NC(C)=O)OCCCCCCCCCCCCCC. The van der Waals surface area contributed by atoms with E-state index in [4.69, 9.17) is 46.9 Å². The highest BCUT2D eigenvalue weighted by molar-refractivity contribution is 7.47. The van der Waals surface area contributed by atoms with Crippen LogP contribution in [0.25, 0.3) is 0 Å². The van der Waals surface area contributed by atoms with Gasteiger partial charge in [-0.3, -0.25) is 28.2 Å². The number of phosphoric ester groups is 1. The number of aliphatic hydroxyl groups is 4. The van der Waals surface area contributed by atoms with Crippen molar-refractivity contribution in [1.82, 2.24) is 16.0 Å². The largest absolute Gasteiger partial charge is 0.479 e. The highest BCUT2D eigenvalue weighted by Crippen LogP contribution is 2.47. The fraction of sp³-hybridized carbons (Fsp3) is 0.912. The summed E-state index contributed by atoms with van der Waals surface area (Å²) in [5.74, 6) is -4.77. The first-order valence-electron chi connectivity index (χ1n) is 30.6. The number of aliphatic carboxylic acids is 1. The molecule has 0 radical (unpaired) electrons. The van der Waals surface area contributed by atoms with Gasteiger partial charge in [0.05, 0.1) is 25.4 Å². The monoisotopic (exact) mass is 1210 g/mol. The second-order valence-corrected chi connectivity index (χ2v) is 23.8. The summed E-state index contributed by atoms with van der Waals surface area (Å²) >= 11 is 0. The lowest BCUT2D eigenvalue weighted by Crippen LogP contribution is -2.71. The zero-order chi connectivity index (χ0) is 61.3. The molecule has 3 fully saturated rings. The number of unbranched alkanes of at least 4 members (excludes halogenated alkanes) is 22. The van der Waals surface area contributed by atoms with E-state index in [1.807, 2.05) is 0 Å². The van der Waals surface area contributed by atoms with E-state index in [1.54, 1.807) is 0 Å². The Hall–Kier alpha value is -2.98. The molecule has 3 rings (SSSR count). The van der Waals surface area contributed by atoms with Crippen LogP contribution in [0.3, 0.4) is 0 Å². The van der Waals surface area contributed by atoms with Crippen molar-refractivity contribution in [1.29, 1.82) is 0 Å². The van der Waals surface area contributed by atoms with Gasteiger partial charge in [0.1, 0.15) is 67.5 Å². The number of hydrogen-bond donors (Lipinski definition) is 9. The van der Waals surface area contributed by atoms with Crippen molar-refractivity contribution in [3.8, 4) is 0 Å². The average Bonchev–Trinajstić information content (AvgIpc) is 2.37. The molecule has 0 aliphatic carbocycles. The number of phosphoric acid groups is 1. The first-order valence-corrected chi connectivity index (χ1v) is 32.1. The molecule has 26 heteroatoms. The zero-order valence-corrected chi connectivity index (χ0v) is 51.3. The second-order valence-electron chi connectivity index (χ2n) is 22.4. The number of hydrogen-bond acceptors (Lipinski definition) is 20. The zero-order valence-electron chi connectivity index (χ0n) is 50.4. The summed E-state index contributed by atoms with van der Waals surface area (Å²) in [6, 6.07) is -4.64. The number of aliphatic hydroxyl groups excluding tert-OH is 4. The molecule has 0 spiro atoms. The van der Waals surface area contributed by atoms with Crippen LogP contribution in [0, 0.1) is 0 Å². The van der Waals surface area contributed by atoms with E-state index in [9.17, 15) is 59.0 Å². The molecule has 0 saturated carbocycles. The van der Waals surface area contributed by atoms with Crippen molar-refractivity contribution >= 4 is 37.5 Å². The van der Waals surface area contributed by atoms with Crippen molar-refractivity contribution in [3.05, 3.63) is 0 Å². The average molecular weight is 1210 g/mol. The number of carboxylic acid groups (broad SMARTS) is 1. The number of rotatable bonds is 44. The van der Waals surface area contributed by atoms with Crippen LogP contribution in [0.2, 0.25) is 0 Å². The standard InChI is InChI=1S/C57H104N3O22P/c1-8-10-12-14-16-18-20-22-24-26-28-30-32-73-34-42(74-33-31-29-27-25-23-21-19-17-15-13-11-9-2)35-76-83(71,72)82-56-46(60-40(6)63)48(66)51(43(78-56)36-75-41(7)64)79-55-45(59-39(5)62)49(67)52(53(81-55)54(69)70)80-57-50(68)47(65)44(37(3)77-57)58-38(4)61/h37,42-53,55-57,65-68H,8-36H2,1-7H3,(H,58,61)(H,59,62)(H,60,63)(H,69,70)(H,71,72)/t37-,42?,43-,44+,45+,46-,47+,48-,49-,50-,51-,52+,53+,55-,56-,57-/m1/s1. The molecule has 83 heavy (non-hydrogen) atoms. The Bertz CT molecular complexity index is 1890. The molecule has 0 bridgehead atoms. The molecule has 2 unspecified atom stereocenters. The van der Waals surface area contributed by atoms with Crippen LogP contribution in [0.15, 0.2) is 0 Å². The summed E-state index contributed by atoms with van der Waals surface area (Å²) in [7, 11) is -5.20. The molecule has 0 aromatic heterocycles. The van der Waals surface area contributed by atoms with E-state index in [-0.39, 0.29) is 6.61 Å². The number of amides is 3. The molecule has 3 heterocycles. The number of carbonyl (C=O) groups is 5. The Kier molecular flexibility index (Phi) is 36.9. The van der Waals surface area contributed by atoms with Crippen molar-refractivity contribution in [2.45, 2.75) is 301 Å². The van der Waals surface area contributed by atoms with Gasteiger partial charge in [0, 0.05) is 40.9 Å². The summed E-state index contributed by atoms with van der Waals surface area (Å²) < 4.78 is 71.6. The maximum atomic E-state index is 13.9. The Balaban J connectivity index is 1.74. The van der Waals surface area contributed by atoms with Crippen LogP contribution >= 0.6 is 7.82 Å². The molecular formula is C57H104N3O22P. The van der Waals surface area contributed by atoms with Gasteiger partial charge in [-0.05, 0) is 19.8 Å². The topological polar surface area (TPSA) is 352 Å². The number of esters is 1. The lowest BCUT2D eigenvalue weighted by Gasteiger charge is -2.49. The third kappa shape index (κ3) is 28.6. The third-order valence-corrected chi connectivity index (χ3v) is 15.9. The number of nitrogens with one attached hydrogen (secondary N) is 3. The van der Waals surface area contributed by atoms with Crippen molar-refractivity contribution < 1.29 is 106 Å². The lowest BCUT2D eigenvalue weighted by molar-refractivity contribution is -0.348. The van der Waals surface area contributed by atoms with E-state index in [2.05, 4.69) is 29.8 Å². The Morgan fingerprint density at radius 1 is 0.530 bits per heavy atom. The maximum absolute atomic E-state index is 13.9. The van der Waals surface area contributed by atoms with Gasteiger partial charge in [0.25, 0.3) is 0 Å². The van der Waals surface area contributed by atoms with Gasteiger partial charge in [-0.25, -0.2) is 9.36 Å². The first kappa shape index (κ1) is 74.3. The summed E-state index contributed by atoms with van der Waals surface area (Å²) in [6.07, 6.45) is 5.00. The van der Waals surface area contributed by atoms with Gasteiger partial charge < -0.3 is 84.3 Å². The van der Waals surface area contributed by atoms with Gasteiger partial charge in [0.2, 0.25) is 17.7 Å². The predicted octanol–water partition coefficient (Wildman–Crippen LogP) is 5.49. The Morgan fingerprint density at radius 2 is 0.976 bits per heavy atom. The van der Waals surface area contributed by atoms with Gasteiger partial charge in [-0.2, -0.15) is 0 Å². The van der Waals surface area contributed by atoms with Crippen LogP contribution in [-0.2, 0) is 75.5 Å². The first-order chi connectivity index (χ1) is 39.6. The normalized spacial score (nSPS) is 29.3. The van der Waals surface area contributed by atoms with Crippen LogP contribution in [0.4, 0.5) is 0 Å². The third-order valence-electron chi connectivity index (χ3n) is 14.9. The quantitative estimate of drug-likeness (QED) is 0.0207. The fourth-order valence-corrected chi connectivity index (χ4v) is 11.3. The van der Waals surface area contributed by atoms with Gasteiger partial charge in [0.15, 0.2) is 25.0 Å². The smallest absolute Gasteiger partial charge is 0.474 e. The van der Waals surface area contributed by atoms with E-state index in [0.717, 1.165) is 72.1 Å². The minimum atomic E-state index is -5.20. The molecule has 0 aromatic rings. The second kappa shape index (κ2) is 41.2. The molecule has 3 amide bonds. The summed E-state index contributed by atoms with van der Waals surface area (Å²) in [5, 5.41) is 63.3. The summed E-state index contributed by atoms with van der Waals surface area (Å²) in [6.45, 7) is 9.80. The van der Waals surface area contributed by atoms with E-state index >= 15 is 0 Å². The Labute approximate surface area is 491 Å². The molecule has 17 atom stereocenters. The summed E-state index contributed by atoms with van der Waals surface area (Å²) in [4.78, 5) is 73.4. The number of carbonyl (C=O) groups excluding carboxylic acids is 4. The van der Waals surface area contributed by atoms with Crippen LogP contribution in [0.1, 0.15) is 203 Å².